The van der Waals surface area contributed by atoms with Gasteiger partial charge in [0.15, 0.2) is 0 Å². The van der Waals surface area contributed by atoms with Crippen LogP contribution in [-0.4, -0.2) is 38.4 Å². The van der Waals surface area contributed by atoms with Crippen LogP contribution in [-0.2, 0) is 10.0 Å². The standard InChI is InChI=1S/C16H26N2O2S/c1-4-17-14-7-9-15(10-8-14)18(3)21(19,20)16-11-5-13(2)6-12-16/h5-6,11-12,14-15,17H,4,7-10H2,1-3H3. The highest BCUT2D eigenvalue weighted by atomic mass is 32.2. The number of hydrogen-bond acceptors (Lipinski definition) is 3. The Balaban J connectivity index is 2.05. The summed E-state index contributed by atoms with van der Waals surface area (Å²) in [5.41, 5.74) is 1.07. The van der Waals surface area contributed by atoms with Crippen molar-refractivity contribution in [3.8, 4) is 0 Å². The van der Waals surface area contributed by atoms with Crippen LogP contribution in [0.15, 0.2) is 29.2 Å². The van der Waals surface area contributed by atoms with Gasteiger partial charge >= 0.3 is 0 Å². The first kappa shape index (κ1) is 16.5. The molecule has 21 heavy (non-hydrogen) atoms. The summed E-state index contributed by atoms with van der Waals surface area (Å²) in [6, 6.07) is 7.76. The second-order valence-corrected chi connectivity index (χ2v) is 7.89. The summed E-state index contributed by atoms with van der Waals surface area (Å²) in [5.74, 6) is 0. The van der Waals surface area contributed by atoms with Gasteiger partial charge in [-0.25, -0.2) is 8.42 Å². The van der Waals surface area contributed by atoms with Crippen molar-refractivity contribution in [2.24, 2.45) is 0 Å². The van der Waals surface area contributed by atoms with E-state index in [1.165, 1.54) is 0 Å². The fraction of sp³-hybridized carbons (Fsp3) is 0.625. The van der Waals surface area contributed by atoms with Gasteiger partial charge in [-0.15, -0.1) is 0 Å². The molecule has 0 unspecified atom stereocenters. The van der Waals surface area contributed by atoms with Crippen molar-refractivity contribution in [2.45, 2.75) is 56.5 Å². The number of sulfonamides is 1. The molecule has 118 valence electrons. The first-order chi connectivity index (χ1) is 9.95. The lowest BCUT2D eigenvalue weighted by Gasteiger charge is -2.34. The quantitative estimate of drug-likeness (QED) is 0.909. The van der Waals surface area contributed by atoms with Gasteiger partial charge in [0.2, 0.25) is 10.0 Å². The molecule has 5 heteroatoms. The van der Waals surface area contributed by atoms with Crippen molar-refractivity contribution in [1.82, 2.24) is 9.62 Å². The minimum Gasteiger partial charge on any atom is -0.314 e. The number of nitrogens with zero attached hydrogens (tertiary/aromatic N) is 1. The van der Waals surface area contributed by atoms with Crippen LogP contribution in [0.2, 0.25) is 0 Å². The number of benzene rings is 1. The Kier molecular flexibility index (Phi) is 5.41. The third kappa shape index (κ3) is 3.84. The third-order valence-corrected chi connectivity index (χ3v) is 6.33. The predicted molar refractivity (Wildman–Crippen MR) is 85.8 cm³/mol. The van der Waals surface area contributed by atoms with Crippen LogP contribution >= 0.6 is 0 Å². The minimum absolute atomic E-state index is 0.117. The fourth-order valence-electron chi connectivity index (χ4n) is 3.00. The molecule has 1 aromatic carbocycles. The smallest absolute Gasteiger partial charge is 0.243 e. The lowest BCUT2D eigenvalue weighted by molar-refractivity contribution is 0.251. The summed E-state index contributed by atoms with van der Waals surface area (Å²) in [6.07, 6.45) is 3.96. The maximum absolute atomic E-state index is 12.7. The van der Waals surface area contributed by atoms with Crippen LogP contribution in [0.25, 0.3) is 0 Å². The van der Waals surface area contributed by atoms with Crippen LogP contribution in [0.3, 0.4) is 0 Å². The average Bonchev–Trinajstić information content (AvgIpc) is 2.48. The first-order valence-corrected chi connectivity index (χ1v) is 9.17. The number of nitrogens with one attached hydrogen (secondary N) is 1. The molecular formula is C16H26N2O2S. The van der Waals surface area contributed by atoms with Gasteiger partial charge in [-0.1, -0.05) is 24.6 Å². The van der Waals surface area contributed by atoms with E-state index in [-0.39, 0.29) is 6.04 Å². The van der Waals surface area contributed by atoms with Crippen molar-refractivity contribution in [2.75, 3.05) is 13.6 Å². The monoisotopic (exact) mass is 310 g/mol. The van der Waals surface area contributed by atoms with E-state index in [1.807, 2.05) is 19.1 Å². The summed E-state index contributed by atoms with van der Waals surface area (Å²) >= 11 is 0. The molecule has 1 N–H and O–H groups in total. The Labute approximate surface area is 128 Å². The Morgan fingerprint density at radius 1 is 1.14 bits per heavy atom. The van der Waals surface area contributed by atoms with Crippen LogP contribution in [0.1, 0.15) is 38.2 Å². The summed E-state index contributed by atoms with van der Waals surface area (Å²) in [5, 5.41) is 3.45. The summed E-state index contributed by atoms with van der Waals surface area (Å²) in [6.45, 7) is 5.05. The van der Waals surface area contributed by atoms with Crippen LogP contribution in [0.4, 0.5) is 0 Å². The molecule has 4 nitrogen and oxygen atoms in total. The van der Waals surface area contributed by atoms with Gasteiger partial charge in [-0.3, -0.25) is 0 Å². The molecule has 1 saturated carbocycles. The van der Waals surface area contributed by atoms with Crippen LogP contribution in [0, 0.1) is 6.92 Å². The number of hydrogen-bond donors (Lipinski definition) is 1. The second-order valence-electron chi connectivity index (χ2n) is 5.90. The van der Waals surface area contributed by atoms with E-state index in [0.29, 0.717) is 10.9 Å². The lowest BCUT2D eigenvalue weighted by atomic mass is 9.91. The van der Waals surface area contributed by atoms with E-state index in [9.17, 15) is 8.42 Å². The zero-order valence-corrected chi connectivity index (χ0v) is 14.0. The maximum Gasteiger partial charge on any atom is 0.243 e. The average molecular weight is 310 g/mol. The fourth-order valence-corrected chi connectivity index (χ4v) is 4.42. The van der Waals surface area contributed by atoms with Crippen molar-refractivity contribution in [1.29, 1.82) is 0 Å². The molecule has 1 aliphatic carbocycles. The number of aryl methyl sites for hydroxylation is 1. The molecule has 0 aromatic heterocycles. The van der Waals surface area contributed by atoms with Crippen molar-refractivity contribution < 1.29 is 8.42 Å². The molecule has 0 atom stereocenters. The van der Waals surface area contributed by atoms with Crippen molar-refractivity contribution in [3.63, 3.8) is 0 Å². The molecule has 0 saturated heterocycles. The third-order valence-electron chi connectivity index (χ3n) is 4.40. The van der Waals surface area contributed by atoms with Gasteiger partial charge in [0.1, 0.15) is 0 Å². The van der Waals surface area contributed by atoms with E-state index < -0.39 is 10.0 Å². The molecular weight excluding hydrogens is 284 g/mol. The molecule has 0 aliphatic heterocycles. The van der Waals surface area contributed by atoms with E-state index in [4.69, 9.17) is 0 Å². The summed E-state index contributed by atoms with van der Waals surface area (Å²) < 4.78 is 26.9. The predicted octanol–water partition coefficient (Wildman–Crippen LogP) is 2.54. The number of rotatable bonds is 5. The molecule has 0 heterocycles. The van der Waals surface area contributed by atoms with E-state index in [1.54, 1.807) is 23.5 Å². The van der Waals surface area contributed by atoms with Crippen molar-refractivity contribution in [3.05, 3.63) is 29.8 Å². The molecule has 1 aliphatic rings. The molecule has 1 aromatic rings. The molecule has 0 spiro atoms. The van der Waals surface area contributed by atoms with Crippen LogP contribution < -0.4 is 5.32 Å². The first-order valence-electron chi connectivity index (χ1n) is 7.73. The van der Waals surface area contributed by atoms with E-state index in [2.05, 4.69) is 12.2 Å². The molecule has 0 radical (unpaired) electrons. The maximum atomic E-state index is 12.7. The molecule has 1 fully saturated rings. The highest BCUT2D eigenvalue weighted by molar-refractivity contribution is 7.89. The topological polar surface area (TPSA) is 49.4 Å². The Bertz CT molecular complexity index is 546. The van der Waals surface area contributed by atoms with Gasteiger partial charge in [-0.2, -0.15) is 4.31 Å². The normalized spacial score (nSPS) is 23.4. The summed E-state index contributed by atoms with van der Waals surface area (Å²) in [4.78, 5) is 0.393. The SMILES string of the molecule is CCNC1CCC(N(C)S(=O)(=O)c2ccc(C)cc2)CC1. The lowest BCUT2D eigenvalue weighted by Crippen LogP contribution is -2.43. The zero-order valence-electron chi connectivity index (χ0n) is 13.2. The zero-order chi connectivity index (χ0) is 15.5. The highest BCUT2D eigenvalue weighted by Gasteiger charge is 2.31. The minimum atomic E-state index is -3.37. The van der Waals surface area contributed by atoms with Gasteiger partial charge in [-0.05, 0) is 51.3 Å². The van der Waals surface area contributed by atoms with Crippen LogP contribution in [0.5, 0.6) is 0 Å². The van der Waals surface area contributed by atoms with Gasteiger partial charge in [0.05, 0.1) is 4.90 Å². The Morgan fingerprint density at radius 3 is 2.24 bits per heavy atom. The van der Waals surface area contributed by atoms with E-state index in [0.717, 1.165) is 37.8 Å². The van der Waals surface area contributed by atoms with Gasteiger partial charge < -0.3 is 5.32 Å². The molecule has 2 rings (SSSR count). The van der Waals surface area contributed by atoms with Gasteiger partial charge in [0.25, 0.3) is 0 Å². The molecule has 0 amide bonds. The van der Waals surface area contributed by atoms with Crippen molar-refractivity contribution >= 4 is 10.0 Å². The second kappa shape index (κ2) is 6.90. The Hall–Kier alpha value is -0.910. The Morgan fingerprint density at radius 2 is 1.71 bits per heavy atom. The highest BCUT2D eigenvalue weighted by Crippen LogP contribution is 2.26. The summed E-state index contributed by atoms with van der Waals surface area (Å²) in [7, 11) is -1.66. The largest absolute Gasteiger partial charge is 0.314 e. The van der Waals surface area contributed by atoms with Gasteiger partial charge in [0, 0.05) is 19.1 Å². The molecule has 0 bridgehead atoms. The van der Waals surface area contributed by atoms with E-state index >= 15 is 0 Å².